The third kappa shape index (κ3) is 2.08. The van der Waals surface area contributed by atoms with Gasteiger partial charge in [0.15, 0.2) is 0 Å². The lowest BCUT2D eigenvalue weighted by Gasteiger charge is -2.14. The molecule has 2 N–H and O–H groups in total. The first-order chi connectivity index (χ1) is 7.33. The quantitative estimate of drug-likeness (QED) is 0.830. The summed E-state index contributed by atoms with van der Waals surface area (Å²) in [7, 11) is 0. The Labute approximate surface area is 92.7 Å². The highest BCUT2D eigenvalue weighted by Gasteiger charge is 2.17. The monoisotopic (exact) mass is 222 g/mol. The van der Waals surface area contributed by atoms with Gasteiger partial charge in [-0.05, 0) is 30.5 Å². The summed E-state index contributed by atoms with van der Waals surface area (Å²) in [5.74, 6) is 0. The van der Waals surface area contributed by atoms with Gasteiger partial charge in [-0.2, -0.15) is 15.4 Å². The lowest BCUT2D eigenvalue weighted by atomic mass is 10.1. The smallest absolute Gasteiger partial charge is 0.104 e. The molecule has 80 valence electrons. The zero-order valence-electron chi connectivity index (χ0n) is 8.82. The van der Waals surface area contributed by atoms with Crippen LogP contribution in [0, 0.1) is 6.92 Å². The van der Waals surface area contributed by atoms with Gasteiger partial charge in [-0.25, -0.2) is 0 Å². The lowest BCUT2D eigenvalue weighted by Crippen LogP contribution is -2.22. The van der Waals surface area contributed by atoms with E-state index in [2.05, 4.69) is 46.0 Å². The number of H-pyrrole nitrogens is 1. The van der Waals surface area contributed by atoms with E-state index in [1.54, 1.807) is 17.5 Å². The summed E-state index contributed by atoms with van der Waals surface area (Å²) in [5.41, 5.74) is 2.23. The van der Waals surface area contributed by atoms with E-state index in [4.69, 9.17) is 0 Å². The van der Waals surface area contributed by atoms with Crippen LogP contribution in [-0.4, -0.2) is 22.0 Å². The highest BCUT2D eigenvalue weighted by atomic mass is 32.1. The molecule has 0 amide bonds. The maximum Gasteiger partial charge on any atom is 0.104 e. The number of nitrogens with zero attached hydrogens (tertiary/aromatic N) is 2. The third-order valence-electron chi connectivity index (χ3n) is 2.35. The highest BCUT2D eigenvalue weighted by molar-refractivity contribution is 7.10. The average molecular weight is 222 g/mol. The van der Waals surface area contributed by atoms with Crippen LogP contribution < -0.4 is 5.32 Å². The molecular formula is C10H14N4S. The maximum absolute atomic E-state index is 4.14. The van der Waals surface area contributed by atoms with Crippen molar-refractivity contribution in [3.63, 3.8) is 0 Å². The van der Waals surface area contributed by atoms with E-state index >= 15 is 0 Å². The standard InChI is InChI=1S/C10H14N4S/c1-3-11-10(9-6-12-14-13-9)8-4-5-15-7(8)2/h4-6,10-11H,3H2,1-2H3,(H,12,13,14). The molecule has 0 radical (unpaired) electrons. The van der Waals surface area contributed by atoms with Crippen LogP contribution in [0.3, 0.4) is 0 Å². The Kier molecular flexibility index (Phi) is 3.13. The predicted molar refractivity (Wildman–Crippen MR) is 61.0 cm³/mol. The molecule has 2 heterocycles. The Balaban J connectivity index is 2.32. The second-order valence-corrected chi connectivity index (χ2v) is 4.44. The topological polar surface area (TPSA) is 53.6 Å². The Morgan fingerprint density at radius 1 is 1.60 bits per heavy atom. The molecule has 0 saturated heterocycles. The molecule has 0 bridgehead atoms. The fourth-order valence-corrected chi connectivity index (χ4v) is 2.36. The number of hydrogen-bond acceptors (Lipinski definition) is 4. The van der Waals surface area contributed by atoms with E-state index in [0.29, 0.717) is 0 Å². The van der Waals surface area contributed by atoms with Gasteiger partial charge in [0.2, 0.25) is 0 Å². The van der Waals surface area contributed by atoms with E-state index < -0.39 is 0 Å². The van der Waals surface area contributed by atoms with Crippen molar-refractivity contribution in [1.82, 2.24) is 20.7 Å². The summed E-state index contributed by atoms with van der Waals surface area (Å²) in [4.78, 5) is 1.32. The van der Waals surface area contributed by atoms with Crippen LogP contribution in [0.4, 0.5) is 0 Å². The van der Waals surface area contributed by atoms with Crippen LogP contribution in [0.5, 0.6) is 0 Å². The summed E-state index contributed by atoms with van der Waals surface area (Å²) >= 11 is 1.76. The van der Waals surface area contributed by atoms with E-state index in [1.807, 2.05) is 0 Å². The first-order valence-corrected chi connectivity index (χ1v) is 5.84. The maximum atomic E-state index is 4.14. The minimum absolute atomic E-state index is 0.153. The third-order valence-corrected chi connectivity index (χ3v) is 3.21. The summed E-state index contributed by atoms with van der Waals surface area (Å²) in [6.07, 6.45) is 1.77. The summed E-state index contributed by atoms with van der Waals surface area (Å²) in [6.45, 7) is 5.13. The van der Waals surface area contributed by atoms with E-state index in [0.717, 1.165) is 12.2 Å². The zero-order chi connectivity index (χ0) is 10.7. The average Bonchev–Trinajstić information content (AvgIpc) is 2.85. The van der Waals surface area contributed by atoms with Crippen molar-refractivity contribution in [3.05, 3.63) is 33.8 Å². The molecule has 1 unspecified atom stereocenters. The van der Waals surface area contributed by atoms with Crippen molar-refractivity contribution in [2.75, 3.05) is 6.54 Å². The summed E-state index contributed by atoms with van der Waals surface area (Å²) in [5, 5.41) is 16.2. The van der Waals surface area contributed by atoms with Gasteiger partial charge in [0, 0.05) is 4.88 Å². The van der Waals surface area contributed by atoms with Crippen molar-refractivity contribution in [3.8, 4) is 0 Å². The molecule has 0 aromatic carbocycles. The lowest BCUT2D eigenvalue weighted by molar-refractivity contribution is 0.613. The number of hydrogen-bond donors (Lipinski definition) is 2. The van der Waals surface area contributed by atoms with Crippen molar-refractivity contribution in [2.45, 2.75) is 19.9 Å². The van der Waals surface area contributed by atoms with Crippen LogP contribution >= 0.6 is 11.3 Å². The van der Waals surface area contributed by atoms with Gasteiger partial charge in [-0.15, -0.1) is 11.3 Å². The molecule has 2 aromatic heterocycles. The Morgan fingerprint density at radius 3 is 3.00 bits per heavy atom. The Bertz CT molecular complexity index is 407. The van der Waals surface area contributed by atoms with Crippen molar-refractivity contribution >= 4 is 11.3 Å². The molecule has 5 heteroatoms. The largest absolute Gasteiger partial charge is 0.305 e. The molecule has 0 fully saturated rings. The van der Waals surface area contributed by atoms with Crippen molar-refractivity contribution < 1.29 is 0 Å². The fourth-order valence-electron chi connectivity index (χ4n) is 1.62. The Morgan fingerprint density at radius 2 is 2.47 bits per heavy atom. The van der Waals surface area contributed by atoms with Crippen molar-refractivity contribution in [2.24, 2.45) is 0 Å². The van der Waals surface area contributed by atoms with Crippen LogP contribution in [0.2, 0.25) is 0 Å². The van der Waals surface area contributed by atoms with Crippen molar-refractivity contribution in [1.29, 1.82) is 0 Å². The van der Waals surface area contributed by atoms with Gasteiger partial charge < -0.3 is 5.32 Å². The van der Waals surface area contributed by atoms with Crippen LogP contribution in [0.15, 0.2) is 17.6 Å². The number of aromatic nitrogens is 3. The van der Waals surface area contributed by atoms with E-state index in [-0.39, 0.29) is 6.04 Å². The SMILES string of the molecule is CCNC(c1cn[nH]n1)c1ccsc1C. The molecule has 0 aliphatic carbocycles. The first-order valence-electron chi connectivity index (χ1n) is 4.96. The van der Waals surface area contributed by atoms with Crippen LogP contribution in [-0.2, 0) is 0 Å². The number of aromatic amines is 1. The number of rotatable bonds is 4. The number of nitrogens with one attached hydrogen (secondary N) is 2. The molecule has 0 aliphatic rings. The summed E-state index contributed by atoms with van der Waals surface area (Å²) < 4.78 is 0. The van der Waals surface area contributed by atoms with Crippen LogP contribution in [0.25, 0.3) is 0 Å². The van der Waals surface area contributed by atoms with Gasteiger partial charge in [-0.1, -0.05) is 6.92 Å². The summed E-state index contributed by atoms with van der Waals surface area (Å²) in [6, 6.07) is 2.29. The minimum Gasteiger partial charge on any atom is -0.305 e. The van der Waals surface area contributed by atoms with Gasteiger partial charge in [0.25, 0.3) is 0 Å². The molecule has 1 atom stereocenters. The number of thiophene rings is 1. The zero-order valence-corrected chi connectivity index (χ0v) is 9.64. The van der Waals surface area contributed by atoms with Gasteiger partial charge in [0.1, 0.15) is 5.69 Å². The number of aryl methyl sites for hydroxylation is 1. The molecule has 2 rings (SSSR count). The van der Waals surface area contributed by atoms with Gasteiger partial charge >= 0.3 is 0 Å². The molecule has 0 saturated carbocycles. The predicted octanol–water partition coefficient (Wildman–Crippen LogP) is 1.87. The van der Waals surface area contributed by atoms with Gasteiger partial charge in [0.05, 0.1) is 12.2 Å². The first kappa shape index (κ1) is 10.3. The molecule has 4 nitrogen and oxygen atoms in total. The van der Waals surface area contributed by atoms with Gasteiger partial charge in [-0.3, -0.25) is 0 Å². The van der Waals surface area contributed by atoms with Crippen LogP contribution in [0.1, 0.15) is 29.1 Å². The van der Waals surface area contributed by atoms with E-state index in [9.17, 15) is 0 Å². The molecular weight excluding hydrogens is 208 g/mol. The second-order valence-electron chi connectivity index (χ2n) is 3.32. The minimum atomic E-state index is 0.153. The highest BCUT2D eigenvalue weighted by Crippen LogP contribution is 2.26. The fraction of sp³-hybridized carbons (Fsp3) is 0.400. The molecule has 0 spiro atoms. The second kappa shape index (κ2) is 4.55. The van der Waals surface area contributed by atoms with E-state index in [1.165, 1.54) is 10.4 Å². The molecule has 2 aromatic rings. The Hall–Kier alpha value is -1.20. The molecule has 15 heavy (non-hydrogen) atoms. The normalized spacial score (nSPS) is 12.9. The molecule has 0 aliphatic heterocycles.